The van der Waals surface area contributed by atoms with Gasteiger partial charge >= 0.3 is 0 Å². The molecule has 0 spiro atoms. The van der Waals surface area contributed by atoms with E-state index in [-0.39, 0.29) is 0 Å². The standard InChI is InChI=1S/C15H22N4O/c1-10-7-14(20)11(2)6-13(10)16-8-12-9-17-15(18(3)4)19(12)5/h6-7,9,16,20H,8H2,1-5H3. The maximum absolute atomic E-state index is 9.67. The lowest BCUT2D eigenvalue weighted by atomic mass is 10.1. The van der Waals surface area contributed by atoms with E-state index in [1.165, 1.54) is 0 Å². The minimum atomic E-state index is 0.337. The summed E-state index contributed by atoms with van der Waals surface area (Å²) in [4.78, 5) is 6.38. The molecule has 2 aromatic rings. The number of hydrogen-bond donors (Lipinski definition) is 2. The number of phenols is 1. The van der Waals surface area contributed by atoms with Crippen LogP contribution in [0.2, 0.25) is 0 Å². The number of nitrogens with zero attached hydrogens (tertiary/aromatic N) is 3. The zero-order chi connectivity index (χ0) is 14.9. The van der Waals surface area contributed by atoms with Gasteiger partial charge in [-0.2, -0.15) is 0 Å². The van der Waals surface area contributed by atoms with Crippen LogP contribution in [0.5, 0.6) is 5.75 Å². The van der Waals surface area contributed by atoms with Crippen LogP contribution in [0.3, 0.4) is 0 Å². The second-order valence-electron chi connectivity index (χ2n) is 5.31. The Morgan fingerprint density at radius 3 is 2.55 bits per heavy atom. The first kappa shape index (κ1) is 14.2. The van der Waals surface area contributed by atoms with Gasteiger partial charge in [0.05, 0.1) is 18.4 Å². The van der Waals surface area contributed by atoms with Gasteiger partial charge in [-0.25, -0.2) is 4.98 Å². The number of aromatic hydroxyl groups is 1. The number of nitrogens with one attached hydrogen (secondary N) is 1. The molecule has 108 valence electrons. The highest BCUT2D eigenvalue weighted by atomic mass is 16.3. The molecular formula is C15H22N4O. The van der Waals surface area contributed by atoms with Gasteiger partial charge in [0.25, 0.3) is 0 Å². The Morgan fingerprint density at radius 1 is 1.25 bits per heavy atom. The molecule has 0 aliphatic heterocycles. The molecule has 0 amide bonds. The minimum Gasteiger partial charge on any atom is -0.508 e. The third-order valence-electron chi connectivity index (χ3n) is 3.46. The number of rotatable bonds is 4. The summed E-state index contributed by atoms with van der Waals surface area (Å²) in [6.07, 6.45) is 1.88. The van der Waals surface area contributed by atoms with Gasteiger partial charge in [-0.15, -0.1) is 0 Å². The highest BCUT2D eigenvalue weighted by molar-refractivity contribution is 5.56. The molecule has 2 N–H and O–H groups in total. The van der Waals surface area contributed by atoms with Crippen molar-refractivity contribution in [3.05, 3.63) is 35.2 Å². The lowest BCUT2D eigenvalue weighted by molar-refractivity contribution is 0.471. The first-order valence-corrected chi connectivity index (χ1v) is 6.62. The van der Waals surface area contributed by atoms with Crippen LogP contribution in [0.15, 0.2) is 18.3 Å². The molecule has 20 heavy (non-hydrogen) atoms. The Labute approximate surface area is 119 Å². The van der Waals surface area contributed by atoms with Gasteiger partial charge in [0.15, 0.2) is 0 Å². The summed E-state index contributed by atoms with van der Waals surface area (Å²) in [6.45, 7) is 4.58. The van der Waals surface area contributed by atoms with Gasteiger partial charge in [-0.1, -0.05) is 0 Å². The van der Waals surface area contributed by atoms with Crippen molar-refractivity contribution >= 4 is 11.6 Å². The van der Waals surface area contributed by atoms with Crippen LogP contribution in [-0.4, -0.2) is 28.8 Å². The number of benzene rings is 1. The van der Waals surface area contributed by atoms with Crippen LogP contribution >= 0.6 is 0 Å². The summed E-state index contributed by atoms with van der Waals surface area (Å²) in [5, 5.41) is 13.1. The highest BCUT2D eigenvalue weighted by Crippen LogP contribution is 2.25. The molecule has 0 unspecified atom stereocenters. The first-order valence-electron chi connectivity index (χ1n) is 6.62. The second-order valence-corrected chi connectivity index (χ2v) is 5.31. The molecule has 0 saturated heterocycles. The number of aromatic nitrogens is 2. The monoisotopic (exact) mass is 274 g/mol. The normalized spacial score (nSPS) is 10.7. The van der Waals surface area contributed by atoms with E-state index in [0.29, 0.717) is 12.3 Å². The summed E-state index contributed by atoms with van der Waals surface area (Å²) < 4.78 is 2.07. The van der Waals surface area contributed by atoms with Gasteiger partial charge in [0, 0.05) is 26.8 Å². The quantitative estimate of drug-likeness (QED) is 0.841. The predicted molar refractivity (Wildman–Crippen MR) is 82.4 cm³/mol. The van der Waals surface area contributed by atoms with Crippen LogP contribution in [0, 0.1) is 13.8 Å². The number of anilines is 2. The van der Waals surface area contributed by atoms with E-state index in [1.807, 2.05) is 52.2 Å². The minimum absolute atomic E-state index is 0.337. The van der Waals surface area contributed by atoms with Gasteiger partial charge < -0.3 is 19.9 Å². The molecule has 0 radical (unpaired) electrons. The van der Waals surface area contributed by atoms with Crippen molar-refractivity contribution in [1.82, 2.24) is 9.55 Å². The Bertz CT molecular complexity index is 617. The summed E-state index contributed by atoms with van der Waals surface area (Å²) in [7, 11) is 5.97. The van der Waals surface area contributed by atoms with Crippen molar-refractivity contribution < 1.29 is 5.11 Å². The first-order chi connectivity index (χ1) is 9.40. The SMILES string of the molecule is Cc1cc(NCc2cnc(N(C)C)n2C)c(C)cc1O. The molecule has 0 aliphatic carbocycles. The van der Waals surface area contributed by atoms with Gasteiger partial charge in [0.2, 0.25) is 5.95 Å². The van der Waals surface area contributed by atoms with E-state index >= 15 is 0 Å². The maximum atomic E-state index is 9.67. The summed E-state index contributed by atoms with van der Waals surface area (Å²) in [5.41, 5.74) is 4.05. The van der Waals surface area contributed by atoms with Crippen molar-refractivity contribution in [2.24, 2.45) is 7.05 Å². The van der Waals surface area contributed by atoms with Gasteiger partial charge in [0.1, 0.15) is 5.75 Å². The molecule has 0 atom stereocenters. The molecule has 0 fully saturated rings. The fraction of sp³-hybridized carbons (Fsp3) is 0.400. The predicted octanol–water partition coefficient (Wildman–Crippen LogP) is 2.42. The van der Waals surface area contributed by atoms with Crippen molar-refractivity contribution in [3.8, 4) is 5.75 Å². The van der Waals surface area contributed by atoms with Crippen LogP contribution < -0.4 is 10.2 Å². The third kappa shape index (κ3) is 2.71. The van der Waals surface area contributed by atoms with E-state index < -0.39 is 0 Å². The zero-order valence-electron chi connectivity index (χ0n) is 12.7. The zero-order valence-corrected chi connectivity index (χ0v) is 12.7. The van der Waals surface area contributed by atoms with Crippen molar-refractivity contribution in [3.63, 3.8) is 0 Å². The lowest BCUT2D eigenvalue weighted by Gasteiger charge is -2.14. The number of imidazole rings is 1. The van der Waals surface area contributed by atoms with Crippen molar-refractivity contribution in [1.29, 1.82) is 0 Å². The summed E-state index contributed by atoms with van der Waals surface area (Å²) >= 11 is 0. The van der Waals surface area contributed by atoms with E-state index in [2.05, 4.69) is 14.9 Å². The largest absolute Gasteiger partial charge is 0.508 e. The fourth-order valence-corrected chi connectivity index (χ4v) is 2.19. The Balaban J connectivity index is 2.15. The summed E-state index contributed by atoms with van der Waals surface area (Å²) in [5.74, 6) is 1.27. The molecular weight excluding hydrogens is 252 g/mol. The average Bonchev–Trinajstić information content (AvgIpc) is 2.74. The van der Waals surface area contributed by atoms with Crippen molar-refractivity contribution in [2.45, 2.75) is 20.4 Å². The Hall–Kier alpha value is -2.17. The second kappa shape index (κ2) is 5.45. The molecule has 5 nitrogen and oxygen atoms in total. The molecule has 0 bridgehead atoms. The van der Waals surface area contributed by atoms with Gasteiger partial charge in [-0.05, 0) is 37.1 Å². The highest BCUT2D eigenvalue weighted by Gasteiger charge is 2.09. The average molecular weight is 274 g/mol. The van der Waals surface area contributed by atoms with Gasteiger partial charge in [-0.3, -0.25) is 0 Å². The number of phenolic OH excluding ortho intramolecular Hbond substituents is 1. The Morgan fingerprint density at radius 2 is 1.95 bits per heavy atom. The molecule has 0 saturated carbocycles. The third-order valence-corrected chi connectivity index (χ3v) is 3.46. The molecule has 1 aromatic carbocycles. The van der Waals surface area contributed by atoms with Crippen LogP contribution in [0.4, 0.5) is 11.6 Å². The number of hydrogen-bond acceptors (Lipinski definition) is 4. The molecule has 2 rings (SSSR count). The Kier molecular flexibility index (Phi) is 3.88. The fourth-order valence-electron chi connectivity index (χ4n) is 2.19. The topological polar surface area (TPSA) is 53.3 Å². The molecule has 1 aromatic heterocycles. The smallest absolute Gasteiger partial charge is 0.204 e. The van der Waals surface area contributed by atoms with Crippen LogP contribution in [0.1, 0.15) is 16.8 Å². The maximum Gasteiger partial charge on any atom is 0.204 e. The van der Waals surface area contributed by atoms with E-state index in [0.717, 1.165) is 28.5 Å². The van der Waals surface area contributed by atoms with E-state index in [9.17, 15) is 5.11 Å². The van der Waals surface area contributed by atoms with Crippen LogP contribution in [0.25, 0.3) is 0 Å². The molecule has 5 heteroatoms. The van der Waals surface area contributed by atoms with Crippen LogP contribution in [-0.2, 0) is 13.6 Å². The number of aryl methyl sites for hydroxylation is 2. The molecule has 0 aliphatic rings. The lowest BCUT2D eigenvalue weighted by Crippen LogP contribution is -2.15. The van der Waals surface area contributed by atoms with E-state index in [1.54, 1.807) is 6.07 Å². The van der Waals surface area contributed by atoms with E-state index in [4.69, 9.17) is 0 Å². The summed E-state index contributed by atoms with van der Waals surface area (Å²) in [6, 6.07) is 3.75. The van der Waals surface area contributed by atoms with Crippen molar-refractivity contribution in [2.75, 3.05) is 24.3 Å². The molecule has 1 heterocycles.